The van der Waals surface area contributed by atoms with E-state index in [4.69, 9.17) is 13.9 Å². The van der Waals surface area contributed by atoms with Crippen molar-refractivity contribution in [2.75, 3.05) is 14.2 Å². The van der Waals surface area contributed by atoms with E-state index < -0.39 is 11.4 Å². The standard InChI is InChI=1S/C21H21NO5/c1-21(2,20(23)24)19-22-17(13-5-9-15(25-3)10-6-13)18(27-19)14-7-11-16(26-4)12-8-14/h5-12H,1-4H3,(H,23,24). The van der Waals surface area contributed by atoms with Crippen LogP contribution < -0.4 is 9.47 Å². The first-order chi connectivity index (χ1) is 12.9. The quantitative estimate of drug-likeness (QED) is 0.696. The number of carboxylic acids is 1. The molecule has 6 nitrogen and oxygen atoms in total. The molecular formula is C21H21NO5. The Morgan fingerprint density at radius 3 is 1.85 bits per heavy atom. The summed E-state index contributed by atoms with van der Waals surface area (Å²) in [6.07, 6.45) is 0. The summed E-state index contributed by atoms with van der Waals surface area (Å²) in [5.41, 5.74) is 0.901. The number of nitrogens with zero attached hydrogens (tertiary/aromatic N) is 1. The van der Waals surface area contributed by atoms with Crippen molar-refractivity contribution in [2.45, 2.75) is 19.3 Å². The molecule has 3 rings (SSSR count). The lowest BCUT2D eigenvalue weighted by atomic mass is 9.94. The summed E-state index contributed by atoms with van der Waals surface area (Å²) in [5.74, 6) is 1.08. The van der Waals surface area contributed by atoms with Crippen molar-refractivity contribution >= 4 is 5.97 Å². The number of benzene rings is 2. The van der Waals surface area contributed by atoms with Gasteiger partial charge in [-0.2, -0.15) is 0 Å². The van der Waals surface area contributed by atoms with E-state index in [9.17, 15) is 9.90 Å². The van der Waals surface area contributed by atoms with Crippen LogP contribution in [-0.4, -0.2) is 30.3 Å². The van der Waals surface area contributed by atoms with Crippen molar-refractivity contribution in [3.05, 3.63) is 54.4 Å². The summed E-state index contributed by atoms with van der Waals surface area (Å²) in [6, 6.07) is 14.7. The molecule has 0 bridgehead atoms. The van der Waals surface area contributed by atoms with Gasteiger partial charge < -0.3 is 19.0 Å². The molecule has 6 heteroatoms. The molecule has 1 N–H and O–H groups in total. The molecule has 140 valence electrons. The smallest absolute Gasteiger partial charge is 0.318 e. The predicted octanol–water partition coefficient (Wildman–Crippen LogP) is 4.39. The van der Waals surface area contributed by atoms with Gasteiger partial charge >= 0.3 is 5.97 Å². The maximum Gasteiger partial charge on any atom is 0.318 e. The third-order valence-corrected chi connectivity index (χ3v) is 4.41. The topological polar surface area (TPSA) is 81.8 Å². The van der Waals surface area contributed by atoms with Crippen molar-refractivity contribution in [1.29, 1.82) is 0 Å². The third kappa shape index (κ3) is 3.51. The molecule has 0 radical (unpaired) electrons. The van der Waals surface area contributed by atoms with Crippen LogP contribution in [0, 0.1) is 0 Å². The van der Waals surface area contributed by atoms with Gasteiger partial charge in [0.15, 0.2) is 5.76 Å². The van der Waals surface area contributed by atoms with Crippen molar-refractivity contribution < 1.29 is 23.8 Å². The number of carbonyl (C=O) groups is 1. The molecule has 0 saturated heterocycles. The number of ether oxygens (including phenoxy) is 2. The number of aliphatic carboxylic acids is 1. The van der Waals surface area contributed by atoms with Crippen molar-refractivity contribution in [1.82, 2.24) is 4.98 Å². The number of oxazole rings is 1. The van der Waals surface area contributed by atoms with Crippen molar-refractivity contribution in [3.8, 4) is 34.1 Å². The van der Waals surface area contributed by atoms with Crippen LogP contribution in [0.15, 0.2) is 52.9 Å². The maximum atomic E-state index is 11.6. The van der Waals surface area contributed by atoms with Gasteiger partial charge in [-0.05, 0) is 62.4 Å². The van der Waals surface area contributed by atoms with E-state index in [1.807, 2.05) is 48.5 Å². The monoisotopic (exact) mass is 367 g/mol. The van der Waals surface area contributed by atoms with Crippen LogP contribution in [0.2, 0.25) is 0 Å². The Kier molecular flexibility index (Phi) is 4.90. The van der Waals surface area contributed by atoms with Gasteiger partial charge in [0.1, 0.15) is 22.6 Å². The highest BCUT2D eigenvalue weighted by molar-refractivity contribution is 5.81. The lowest BCUT2D eigenvalue weighted by Crippen LogP contribution is -2.28. The SMILES string of the molecule is COc1ccc(-c2nc(C(C)(C)C(=O)O)oc2-c2ccc(OC)cc2)cc1. The van der Waals surface area contributed by atoms with Gasteiger partial charge in [0, 0.05) is 11.1 Å². The van der Waals surface area contributed by atoms with Crippen LogP contribution >= 0.6 is 0 Å². The van der Waals surface area contributed by atoms with Crippen LogP contribution in [0.3, 0.4) is 0 Å². The van der Waals surface area contributed by atoms with Gasteiger partial charge in [0.25, 0.3) is 0 Å². The average Bonchev–Trinajstić information content (AvgIpc) is 3.14. The van der Waals surface area contributed by atoms with Crippen LogP contribution in [0.5, 0.6) is 11.5 Å². The zero-order valence-corrected chi connectivity index (χ0v) is 15.6. The Balaban J connectivity index is 2.16. The Morgan fingerprint density at radius 1 is 0.926 bits per heavy atom. The molecular weight excluding hydrogens is 346 g/mol. The van der Waals surface area contributed by atoms with Crippen LogP contribution in [0.25, 0.3) is 22.6 Å². The number of hydrogen-bond donors (Lipinski definition) is 1. The fraction of sp³-hybridized carbons (Fsp3) is 0.238. The zero-order valence-electron chi connectivity index (χ0n) is 15.6. The molecule has 2 aromatic carbocycles. The van der Waals surface area contributed by atoms with E-state index in [2.05, 4.69) is 4.98 Å². The summed E-state index contributed by atoms with van der Waals surface area (Å²) in [5, 5.41) is 9.54. The number of methoxy groups -OCH3 is 2. The van der Waals surface area contributed by atoms with Crippen LogP contribution in [0.1, 0.15) is 19.7 Å². The minimum absolute atomic E-state index is 0.145. The normalized spacial score (nSPS) is 11.3. The van der Waals surface area contributed by atoms with Crippen LogP contribution in [-0.2, 0) is 10.2 Å². The molecule has 1 heterocycles. The lowest BCUT2D eigenvalue weighted by Gasteiger charge is -2.13. The predicted molar refractivity (Wildman–Crippen MR) is 101 cm³/mol. The van der Waals surface area contributed by atoms with Crippen molar-refractivity contribution in [3.63, 3.8) is 0 Å². The molecule has 0 aliphatic heterocycles. The molecule has 0 amide bonds. The first kappa shape index (κ1) is 18.5. The second-order valence-corrected chi connectivity index (χ2v) is 6.58. The minimum Gasteiger partial charge on any atom is -0.497 e. The number of carboxylic acid groups (broad SMARTS) is 1. The maximum absolute atomic E-state index is 11.6. The van der Waals surface area contributed by atoms with E-state index in [1.54, 1.807) is 28.1 Å². The molecule has 0 aliphatic carbocycles. The molecule has 0 fully saturated rings. The summed E-state index contributed by atoms with van der Waals surface area (Å²) in [7, 11) is 3.20. The average molecular weight is 367 g/mol. The Morgan fingerprint density at radius 2 is 1.41 bits per heavy atom. The van der Waals surface area contributed by atoms with Gasteiger partial charge in [-0.15, -0.1) is 0 Å². The summed E-state index contributed by atoms with van der Waals surface area (Å²) in [4.78, 5) is 16.2. The first-order valence-corrected chi connectivity index (χ1v) is 8.40. The number of aromatic nitrogens is 1. The van der Waals surface area contributed by atoms with E-state index in [0.29, 0.717) is 11.5 Å². The number of rotatable bonds is 6. The highest BCUT2D eigenvalue weighted by Gasteiger charge is 2.36. The highest BCUT2D eigenvalue weighted by Crippen LogP contribution is 2.37. The second kappa shape index (κ2) is 7.15. The summed E-state index contributed by atoms with van der Waals surface area (Å²) < 4.78 is 16.3. The Hall–Kier alpha value is -3.28. The highest BCUT2D eigenvalue weighted by atomic mass is 16.5. The molecule has 3 aromatic rings. The van der Waals surface area contributed by atoms with Gasteiger partial charge in [0.05, 0.1) is 14.2 Å². The Labute approximate surface area is 157 Å². The molecule has 0 saturated carbocycles. The summed E-state index contributed by atoms with van der Waals surface area (Å²) >= 11 is 0. The largest absolute Gasteiger partial charge is 0.497 e. The Bertz CT molecular complexity index is 875. The molecule has 0 atom stereocenters. The molecule has 0 spiro atoms. The zero-order chi connectivity index (χ0) is 19.6. The fourth-order valence-electron chi connectivity index (χ4n) is 2.56. The van der Waals surface area contributed by atoms with E-state index in [-0.39, 0.29) is 5.89 Å². The van der Waals surface area contributed by atoms with E-state index in [1.165, 1.54) is 0 Å². The third-order valence-electron chi connectivity index (χ3n) is 4.41. The molecule has 1 aromatic heterocycles. The number of hydrogen-bond acceptors (Lipinski definition) is 5. The fourth-order valence-corrected chi connectivity index (χ4v) is 2.56. The minimum atomic E-state index is -1.26. The lowest BCUT2D eigenvalue weighted by molar-refractivity contribution is -0.143. The van der Waals surface area contributed by atoms with E-state index >= 15 is 0 Å². The van der Waals surface area contributed by atoms with Crippen molar-refractivity contribution in [2.24, 2.45) is 0 Å². The molecule has 0 aliphatic rings. The van der Waals surface area contributed by atoms with Gasteiger partial charge in [-0.3, -0.25) is 4.79 Å². The molecule has 0 unspecified atom stereocenters. The molecule has 27 heavy (non-hydrogen) atoms. The van der Waals surface area contributed by atoms with Gasteiger partial charge in [-0.1, -0.05) is 0 Å². The second-order valence-electron chi connectivity index (χ2n) is 6.58. The van der Waals surface area contributed by atoms with Gasteiger partial charge in [0.2, 0.25) is 5.89 Å². The summed E-state index contributed by atoms with van der Waals surface area (Å²) in [6.45, 7) is 3.13. The van der Waals surface area contributed by atoms with Gasteiger partial charge in [-0.25, -0.2) is 4.98 Å². The van der Waals surface area contributed by atoms with Crippen LogP contribution in [0.4, 0.5) is 0 Å². The van der Waals surface area contributed by atoms with E-state index in [0.717, 1.165) is 22.6 Å². The first-order valence-electron chi connectivity index (χ1n) is 8.40.